The Kier molecular flexibility index (Phi) is 4.41. The van der Waals surface area contributed by atoms with Crippen molar-refractivity contribution in [1.29, 1.82) is 0 Å². The van der Waals surface area contributed by atoms with Crippen LogP contribution in [0, 0.1) is 5.92 Å². The Morgan fingerprint density at radius 3 is 2.88 bits per heavy atom. The molecule has 2 rings (SSSR count). The zero-order valence-electron chi connectivity index (χ0n) is 10.7. The van der Waals surface area contributed by atoms with Crippen molar-refractivity contribution in [2.45, 2.75) is 57.8 Å². The van der Waals surface area contributed by atoms with Crippen LogP contribution in [0.2, 0.25) is 0 Å². The van der Waals surface area contributed by atoms with Crippen molar-refractivity contribution in [3.05, 3.63) is 24.2 Å². The molecule has 0 aromatic carbocycles. The van der Waals surface area contributed by atoms with Crippen LogP contribution in [-0.4, -0.2) is 5.78 Å². The SMILES string of the molecule is CCCCCC[C@@H]1CC(=O)C[C@@H]1c1ccco1. The van der Waals surface area contributed by atoms with E-state index in [0.29, 0.717) is 24.0 Å². The molecule has 1 aliphatic rings. The van der Waals surface area contributed by atoms with Crippen LogP contribution in [0.25, 0.3) is 0 Å². The fraction of sp³-hybridized carbons (Fsp3) is 0.667. The van der Waals surface area contributed by atoms with Gasteiger partial charge in [-0.2, -0.15) is 0 Å². The number of hydrogen-bond acceptors (Lipinski definition) is 2. The third kappa shape index (κ3) is 3.21. The molecular formula is C15H22O2. The second kappa shape index (κ2) is 6.04. The molecule has 1 heterocycles. The number of unbranched alkanes of at least 4 members (excludes halogenated alkanes) is 3. The molecule has 94 valence electrons. The van der Waals surface area contributed by atoms with Gasteiger partial charge in [-0.05, 0) is 24.5 Å². The molecule has 0 saturated heterocycles. The van der Waals surface area contributed by atoms with Gasteiger partial charge in [0.25, 0.3) is 0 Å². The van der Waals surface area contributed by atoms with E-state index in [1.165, 1.54) is 32.1 Å². The highest BCUT2D eigenvalue weighted by Gasteiger charge is 2.34. The van der Waals surface area contributed by atoms with Crippen LogP contribution in [0.1, 0.15) is 63.5 Å². The third-order valence-electron chi connectivity index (χ3n) is 3.84. The number of rotatable bonds is 6. The molecule has 2 nitrogen and oxygen atoms in total. The molecule has 0 radical (unpaired) electrons. The van der Waals surface area contributed by atoms with Crippen LogP contribution in [-0.2, 0) is 4.79 Å². The summed E-state index contributed by atoms with van der Waals surface area (Å²) in [6.45, 7) is 2.23. The molecule has 17 heavy (non-hydrogen) atoms. The first kappa shape index (κ1) is 12.4. The topological polar surface area (TPSA) is 30.2 Å². The molecule has 2 heteroatoms. The molecule has 0 spiro atoms. The maximum atomic E-state index is 11.6. The Bertz CT molecular complexity index is 340. The molecule has 1 aromatic rings. The highest BCUT2D eigenvalue weighted by Crippen LogP contribution is 2.40. The first-order chi connectivity index (χ1) is 8.31. The fourth-order valence-corrected chi connectivity index (χ4v) is 2.90. The van der Waals surface area contributed by atoms with Crippen molar-refractivity contribution in [2.24, 2.45) is 5.92 Å². The molecule has 0 N–H and O–H groups in total. The van der Waals surface area contributed by atoms with Gasteiger partial charge in [-0.1, -0.05) is 32.6 Å². The van der Waals surface area contributed by atoms with Crippen LogP contribution < -0.4 is 0 Å². The minimum atomic E-state index is 0.346. The van der Waals surface area contributed by atoms with E-state index in [0.717, 1.165) is 12.2 Å². The monoisotopic (exact) mass is 234 g/mol. The van der Waals surface area contributed by atoms with Gasteiger partial charge in [0.1, 0.15) is 11.5 Å². The lowest BCUT2D eigenvalue weighted by atomic mass is 9.89. The van der Waals surface area contributed by atoms with Crippen molar-refractivity contribution in [3.8, 4) is 0 Å². The lowest BCUT2D eigenvalue weighted by Gasteiger charge is -2.16. The summed E-state index contributed by atoms with van der Waals surface area (Å²) >= 11 is 0. The Morgan fingerprint density at radius 2 is 2.18 bits per heavy atom. The van der Waals surface area contributed by atoms with Gasteiger partial charge in [-0.3, -0.25) is 4.79 Å². The van der Waals surface area contributed by atoms with E-state index in [2.05, 4.69) is 6.92 Å². The molecule has 0 aliphatic heterocycles. The Balaban J connectivity index is 1.88. The van der Waals surface area contributed by atoms with Gasteiger partial charge in [-0.15, -0.1) is 0 Å². The smallest absolute Gasteiger partial charge is 0.133 e. The standard InChI is InChI=1S/C15H22O2/c1-2-3-4-5-7-12-10-13(16)11-14(12)15-8-6-9-17-15/h6,8-9,12,14H,2-5,7,10-11H2,1H3/t12-,14+/m1/s1. The van der Waals surface area contributed by atoms with Crippen LogP contribution in [0.15, 0.2) is 22.8 Å². The molecule has 1 saturated carbocycles. The summed E-state index contributed by atoms with van der Waals surface area (Å²) in [7, 11) is 0. The average molecular weight is 234 g/mol. The zero-order chi connectivity index (χ0) is 12.1. The summed E-state index contributed by atoms with van der Waals surface area (Å²) in [5, 5.41) is 0. The molecule has 0 unspecified atom stereocenters. The minimum Gasteiger partial charge on any atom is -0.469 e. The summed E-state index contributed by atoms with van der Waals surface area (Å²) < 4.78 is 5.47. The van der Waals surface area contributed by atoms with E-state index in [9.17, 15) is 4.79 Å². The molecule has 1 aromatic heterocycles. The van der Waals surface area contributed by atoms with Gasteiger partial charge in [0.15, 0.2) is 0 Å². The normalized spacial score (nSPS) is 24.4. The summed E-state index contributed by atoms with van der Waals surface area (Å²) in [4.78, 5) is 11.6. The van der Waals surface area contributed by atoms with Crippen molar-refractivity contribution in [3.63, 3.8) is 0 Å². The van der Waals surface area contributed by atoms with Crippen LogP contribution >= 0.6 is 0 Å². The van der Waals surface area contributed by atoms with Gasteiger partial charge in [0.2, 0.25) is 0 Å². The second-order valence-electron chi connectivity index (χ2n) is 5.18. The van der Waals surface area contributed by atoms with Gasteiger partial charge in [0.05, 0.1) is 6.26 Å². The highest BCUT2D eigenvalue weighted by molar-refractivity contribution is 5.82. The number of hydrogen-bond donors (Lipinski definition) is 0. The van der Waals surface area contributed by atoms with Gasteiger partial charge in [-0.25, -0.2) is 0 Å². The molecule has 1 aliphatic carbocycles. The Morgan fingerprint density at radius 1 is 1.29 bits per heavy atom. The average Bonchev–Trinajstić information content (AvgIpc) is 2.93. The number of Topliss-reactive ketones (excluding diaryl/α,β-unsaturated/α-hetero) is 1. The first-order valence-electron chi connectivity index (χ1n) is 6.86. The first-order valence-corrected chi connectivity index (χ1v) is 6.86. The maximum absolute atomic E-state index is 11.6. The minimum absolute atomic E-state index is 0.346. The predicted octanol–water partition coefficient (Wildman–Crippen LogP) is 4.31. The van der Waals surface area contributed by atoms with E-state index in [1.807, 2.05) is 12.1 Å². The third-order valence-corrected chi connectivity index (χ3v) is 3.84. The van der Waals surface area contributed by atoms with E-state index in [1.54, 1.807) is 6.26 Å². The van der Waals surface area contributed by atoms with E-state index >= 15 is 0 Å². The van der Waals surface area contributed by atoms with Crippen molar-refractivity contribution < 1.29 is 9.21 Å². The Hall–Kier alpha value is -1.05. The second-order valence-corrected chi connectivity index (χ2v) is 5.18. The highest BCUT2D eigenvalue weighted by atomic mass is 16.3. The summed E-state index contributed by atoms with van der Waals surface area (Å²) in [5.41, 5.74) is 0. The summed E-state index contributed by atoms with van der Waals surface area (Å²) in [6, 6.07) is 3.94. The van der Waals surface area contributed by atoms with Gasteiger partial charge < -0.3 is 4.42 Å². The number of ketones is 1. The van der Waals surface area contributed by atoms with E-state index < -0.39 is 0 Å². The van der Waals surface area contributed by atoms with Crippen molar-refractivity contribution in [1.82, 2.24) is 0 Å². The van der Waals surface area contributed by atoms with Crippen LogP contribution in [0.3, 0.4) is 0 Å². The van der Waals surface area contributed by atoms with Crippen molar-refractivity contribution in [2.75, 3.05) is 0 Å². The molecule has 0 amide bonds. The molecular weight excluding hydrogens is 212 g/mol. The number of furan rings is 1. The van der Waals surface area contributed by atoms with E-state index in [-0.39, 0.29) is 0 Å². The lowest BCUT2D eigenvalue weighted by Crippen LogP contribution is -2.05. The number of carbonyl (C=O) groups excluding carboxylic acids is 1. The van der Waals surface area contributed by atoms with Crippen LogP contribution in [0.5, 0.6) is 0 Å². The van der Waals surface area contributed by atoms with Crippen molar-refractivity contribution >= 4 is 5.78 Å². The molecule has 1 fully saturated rings. The summed E-state index contributed by atoms with van der Waals surface area (Å²) in [6.07, 6.45) is 9.47. The maximum Gasteiger partial charge on any atom is 0.133 e. The number of carbonyl (C=O) groups is 1. The van der Waals surface area contributed by atoms with Gasteiger partial charge >= 0.3 is 0 Å². The zero-order valence-corrected chi connectivity index (χ0v) is 10.7. The molecule has 0 bridgehead atoms. The fourth-order valence-electron chi connectivity index (χ4n) is 2.90. The van der Waals surface area contributed by atoms with E-state index in [4.69, 9.17) is 4.42 Å². The Labute approximate surface area is 103 Å². The quantitative estimate of drug-likeness (QED) is 0.686. The lowest BCUT2D eigenvalue weighted by molar-refractivity contribution is -0.117. The predicted molar refractivity (Wildman–Crippen MR) is 67.9 cm³/mol. The van der Waals surface area contributed by atoms with Gasteiger partial charge in [0, 0.05) is 18.8 Å². The molecule has 2 atom stereocenters. The summed E-state index contributed by atoms with van der Waals surface area (Å²) in [5.74, 6) is 2.29. The largest absolute Gasteiger partial charge is 0.469 e. The van der Waals surface area contributed by atoms with Crippen LogP contribution in [0.4, 0.5) is 0 Å².